The van der Waals surface area contributed by atoms with Crippen LogP contribution in [0.4, 0.5) is 28.9 Å². The van der Waals surface area contributed by atoms with Crippen molar-refractivity contribution in [3.63, 3.8) is 0 Å². The Bertz CT molecular complexity index is 492. The van der Waals surface area contributed by atoms with Gasteiger partial charge in [0.15, 0.2) is 0 Å². The van der Waals surface area contributed by atoms with Gasteiger partial charge in [-0.3, -0.25) is 4.79 Å². The highest BCUT2D eigenvalue weighted by Crippen LogP contribution is 2.24. The molecule has 1 aromatic rings. The molecule has 8 heteroatoms. The van der Waals surface area contributed by atoms with E-state index in [0.717, 1.165) is 0 Å². The highest BCUT2D eigenvalue weighted by Gasteiger charge is 2.41. The monoisotopic (exact) mass is 293 g/mol. The van der Waals surface area contributed by atoms with E-state index in [1.165, 1.54) is 12.1 Å². The normalized spacial score (nSPS) is 11.6. The molecule has 0 saturated heterocycles. The molecule has 1 amide bonds. The molecule has 0 fully saturated rings. The standard InChI is InChI=1S/C12H15F4N3O/c1-19(2)9-4-3-7(17)5-8(9)10(20)18-6-12(15,16)11(13)14/h3-5,11H,6,17H2,1-2H3,(H,18,20). The Hall–Kier alpha value is -1.99. The summed E-state index contributed by atoms with van der Waals surface area (Å²) in [6.45, 7) is -1.44. The Balaban J connectivity index is 2.90. The zero-order valence-corrected chi connectivity index (χ0v) is 11.0. The summed E-state index contributed by atoms with van der Waals surface area (Å²) in [4.78, 5) is 13.4. The van der Waals surface area contributed by atoms with E-state index in [4.69, 9.17) is 5.73 Å². The molecule has 112 valence electrons. The maximum absolute atomic E-state index is 12.8. The SMILES string of the molecule is CN(C)c1ccc(N)cc1C(=O)NCC(F)(F)C(F)F. The van der Waals surface area contributed by atoms with Gasteiger partial charge in [-0.1, -0.05) is 0 Å². The maximum atomic E-state index is 12.8. The van der Waals surface area contributed by atoms with E-state index < -0.39 is 24.8 Å². The molecule has 0 aliphatic rings. The van der Waals surface area contributed by atoms with Crippen molar-refractivity contribution < 1.29 is 22.4 Å². The lowest BCUT2D eigenvalue weighted by Gasteiger charge is -2.19. The van der Waals surface area contributed by atoms with Gasteiger partial charge in [0.2, 0.25) is 0 Å². The number of nitrogens with two attached hydrogens (primary N) is 1. The minimum Gasteiger partial charge on any atom is -0.399 e. The average molecular weight is 293 g/mol. The Morgan fingerprint density at radius 3 is 2.50 bits per heavy atom. The molecule has 0 heterocycles. The van der Waals surface area contributed by atoms with Gasteiger partial charge in [-0.05, 0) is 18.2 Å². The number of anilines is 2. The van der Waals surface area contributed by atoms with Crippen LogP contribution in [0.5, 0.6) is 0 Å². The molecule has 0 saturated carbocycles. The molecular formula is C12H15F4N3O. The second-order valence-corrected chi connectivity index (χ2v) is 4.42. The quantitative estimate of drug-likeness (QED) is 0.644. The van der Waals surface area contributed by atoms with Crippen LogP contribution in [-0.4, -0.2) is 38.9 Å². The number of halogens is 4. The highest BCUT2D eigenvalue weighted by molar-refractivity contribution is 6.00. The Kier molecular flexibility index (Phi) is 4.80. The van der Waals surface area contributed by atoms with Gasteiger partial charge in [0.1, 0.15) is 0 Å². The minimum atomic E-state index is -4.27. The Labute approximate surface area is 113 Å². The van der Waals surface area contributed by atoms with Crippen molar-refractivity contribution in [2.24, 2.45) is 0 Å². The lowest BCUT2D eigenvalue weighted by Crippen LogP contribution is -2.41. The molecule has 1 rings (SSSR count). The van der Waals surface area contributed by atoms with E-state index in [1.807, 2.05) is 0 Å². The summed E-state index contributed by atoms with van der Waals surface area (Å²) in [5, 5.41) is 1.79. The average Bonchev–Trinajstić information content (AvgIpc) is 2.35. The number of carbonyl (C=O) groups is 1. The number of nitrogen functional groups attached to an aromatic ring is 1. The molecule has 1 aromatic carbocycles. The van der Waals surface area contributed by atoms with Crippen LogP contribution in [0.2, 0.25) is 0 Å². The summed E-state index contributed by atoms with van der Waals surface area (Å²) in [5.41, 5.74) is 6.28. The third-order valence-corrected chi connectivity index (χ3v) is 2.55. The first-order valence-electron chi connectivity index (χ1n) is 5.66. The summed E-state index contributed by atoms with van der Waals surface area (Å²) >= 11 is 0. The van der Waals surface area contributed by atoms with E-state index in [9.17, 15) is 22.4 Å². The van der Waals surface area contributed by atoms with Gasteiger partial charge >= 0.3 is 12.3 Å². The van der Waals surface area contributed by atoms with Gasteiger partial charge in [-0.15, -0.1) is 0 Å². The van der Waals surface area contributed by atoms with E-state index in [1.54, 1.807) is 30.4 Å². The molecular weight excluding hydrogens is 278 g/mol. The molecule has 0 aromatic heterocycles. The topological polar surface area (TPSA) is 58.4 Å². The van der Waals surface area contributed by atoms with E-state index >= 15 is 0 Å². The summed E-state index contributed by atoms with van der Waals surface area (Å²) in [6.07, 6.45) is -3.84. The summed E-state index contributed by atoms with van der Waals surface area (Å²) < 4.78 is 49.5. The zero-order valence-electron chi connectivity index (χ0n) is 11.0. The van der Waals surface area contributed by atoms with E-state index in [-0.39, 0.29) is 11.3 Å². The molecule has 4 nitrogen and oxygen atoms in total. The minimum absolute atomic E-state index is 0.0417. The molecule has 0 unspecified atom stereocenters. The molecule has 0 spiro atoms. The number of benzene rings is 1. The molecule has 0 aliphatic carbocycles. The van der Waals surface area contributed by atoms with Crippen LogP contribution in [0.15, 0.2) is 18.2 Å². The predicted octanol–water partition coefficient (Wildman–Crippen LogP) is 1.97. The first-order chi connectivity index (χ1) is 9.15. The summed E-state index contributed by atoms with van der Waals surface area (Å²) in [7, 11) is 3.30. The number of hydrogen-bond donors (Lipinski definition) is 2. The van der Waals surface area contributed by atoms with Crippen molar-refractivity contribution in [3.8, 4) is 0 Å². The molecule has 0 radical (unpaired) electrons. The van der Waals surface area contributed by atoms with Crippen molar-refractivity contribution in [2.75, 3.05) is 31.3 Å². The summed E-state index contributed by atoms with van der Waals surface area (Å²) in [6, 6.07) is 4.38. The maximum Gasteiger partial charge on any atom is 0.324 e. The smallest absolute Gasteiger partial charge is 0.324 e. The second-order valence-electron chi connectivity index (χ2n) is 4.42. The van der Waals surface area contributed by atoms with Gasteiger partial charge in [0.25, 0.3) is 5.91 Å². The van der Waals surface area contributed by atoms with Crippen molar-refractivity contribution in [1.29, 1.82) is 0 Å². The fourth-order valence-electron chi connectivity index (χ4n) is 1.50. The van der Waals surface area contributed by atoms with Crippen molar-refractivity contribution in [2.45, 2.75) is 12.3 Å². The van der Waals surface area contributed by atoms with Gasteiger partial charge in [0.05, 0.1) is 12.1 Å². The highest BCUT2D eigenvalue weighted by atomic mass is 19.3. The van der Waals surface area contributed by atoms with E-state index in [2.05, 4.69) is 0 Å². The van der Waals surface area contributed by atoms with Gasteiger partial charge in [-0.2, -0.15) is 8.78 Å². The third-order valence-electron chi connectivity index (χ3n) is 2.55. The number of rotatable bonds is 5. The van der Waals surface area contributed by atoms with Gasteiger partial charge in [0, 0.05) is 25.5 Å². The molecule has 0 atom stereocenters. The lowest BCUT2D eigenvalue weighted by molar-refractivity contribution is -0.123. The number of carbonyl (C=O) groups excluding carboxylic acids is 1. The second kappa shape index (κ2) is 5.98. The van der Waals surface area contributed by atoms with Crippen LogP contribution < -0.4 is 16.0 Å². The van der Waals surface area contributed by atoms with E-state index in [0.29, 0.717) is 5.69 Å². The first-order valence-corrected chi connectivity index (χ1v) is 5.66. The van der Waals surface area contributed by atoms with Crippen molar-refractivity contribution in [1.82, 2.24) is 5.32 Å². The molecule has 20 heavy (non-hydrogen) atoms. The van der Waals surface area contributed by atoms with Crippen LogP contribution in [0, 0.1) is 0 Å². The van der Waals surface area contributed by atoms with Crippen LogP contribution in [-0.2, 0) is 0 Å². The lowest BCUT2D eigenvalue weighted by atomic mass is 10.1. The summed E-state index contributed by atoms with van der Waals surface area (Å²) in [5.74, 6) is -5.16. The number of nitrogens with one attached hydrogen (secondary N) is 1. The fraction of sp³-hybridized carbons (Fsp3) is 0.417. The Morgan fingerprint density at radius 1 is 1.40 bits per heavy atom. The van der Waals surface area contributed by atoms with Crippen molar-refractivity contribution in [3.05, 3.63) is 23.8 Å². The molecule has 3 N–H and O–H groups in total. The number of hydrogen-bond acceptors (Lipinski definition) is 3. The van der Waals surface area contributed by atoms with Gasteiger partial charge < -0.3 is 16.0 Å². The van der Waals surface area contributed by atoms with Crippen LogP contribution in [0.3, 0.4) is 0 Å². The largest absolute Gasteiger partial charge is 0.399 e. The number of amides is 1. The fourth-order valence-corrected chi connectivity index (χ4v) is 1.50. The predicted molar refractivity (Wildman–Crippen MR) is 68.5 cm³/mol. The van der Waals surface area contributed by atoms with Gasteiger partial charge in [-0.25, -0.2) is 8.78 Å². The number of nitrogens with zero attached hydrogens (tertiary/aromatic N) is 1. The molecule has 0 aliphatic heterocycles. The zero-order chi connectivity index (χ0) is 15.5. The van der Waals surface area contributed by atoms with Crippen LogP contribution >= 0.6 is 0 Å². The Morgan fingerprint density at radius 2 is 2.00 bits per heavy atom. The number of alkyl halides is 4. The molecule has 0 bridgehead atoms. The third kappa shape index (κ3) is 3.75. The van der Waals surface area contributed by atoms with Crippen molar-refractivity contribution >= 4 is 17.3 Å². The first kappa shape index (κ1) is 16.1. The van der Waals surface area contributed by atoms with Crippen LogP contribution in [0.1, 0.15) is 10.4 Å². The van der Waals surface area contributed by atoms with Crippen LogP contribution in [0.25, 0.3) is 0 Å².